The van der Waals surface area contributed by atoms with Gasteiger partial charge >= 0.3 is 0 Å². The van der Waals surface area contributed by atoms with E-state index in [1.165, 1.54) is 6.07 Å². The van der Waals surface area contributed by atoms with Crippen LogP contribution < -0.4 is 5.73 Å². The van der Waals surface area contributed by atoms with Crippen LogP contribution in [0, 0.1) is 5.82 Å². The van der Waals surface area contributed by atoms with Crippen molar-refractivity contribution in [3.8, 4) is 0 Å². The van der Waals surface area contributed by atoms with Gasteiger partial charge in [-0.1, -0.05) is 26.0 Å². The Morgan fingerprint density at radius 2 is 2.22 bits per heavy atom. The summed E-state index contributed by atoms with van der Waals surface area (Å²) in [6.45, 7) is 5.66. The first-order valence-electron chi connectivity index (χ1n) is 6.47. The molecule has 1 atom stereocenters. The lowest BCUT2D eigenvalue weighted by Gasteiger charge is -2.39. The van der Waals surface area contributed by atoms with E-state index < -0.39 is 0 Å². The van der Waals surface area contributed by atoms with E-state index in [1.54, 1.807) is 12.1 Å². The van der Waals surface area contributed by atoms with Gasteiger partial charge in [-0.25, -0.2) is 4.39 Å². The van der Waals surface area contributed by atoms with Crippen LogP contribution in [0.4, 0.5) is 4.39 Å². The van der Waals surface area contributed by atoms with Crippen molar-refractivity contribution in [2.45, 2.75) is 32.2 Å². The minimum Gasteiger partial charge on any atom is -0.370 e. The lowest BCUT2D eigenvalue weighted by molar-refractivity contribution is 0.193. The molecule has 1 heterocycles. The molecular weight excluding hydrogens is 229 g/mol. The van der Waals surface area contributed by atoms with Gasteiger partial charge in [-0.2, -0.15) is 0 Å². The molecule has 0 aromatic heterocycles. The molecule has 1 aromatic carbocycles. The molecule has 0 spiro atoms. The zero-order valence-corrected chi connectivity index (χ0v) is 11.0. The van der Waals surface area contributed by atoms with Gasteiger partial charge in [0.1, 0.15) is 5.82 Å². The third kappa shape index (κ3) is 1.96. The normalized spacial score (nSPS) is 23.3. The Morgan fingerprint density at radius 3 is 2.83 bits per heavy atom. The van der Waals surface area contributed by atoms with Crippen molar-refractivity contribution in [1.82, 2.24) is 4.90 Å². The van der Waals surface area contributed by atoms with Crippen LogP contribution in [0.1, 0.15) is 32.3 Å². The van der Waals surface area contributed by atoms with E-state index in [2.05, 4.69) is 23.7 Å². The molecule has 0 saturated heterocycles. The SMILES string of the molecule is CCCN1C(N)=NCC1(CC)c1cccc(F)c1. The van der Waals surface area contributed by atoms with Crippen molar-refractivity contribution in [2.24, 2.45) is 10.7 Å². The number of aliphatic imine (C=N–C) groups is 1. The molecule has 1 unspecified atom stereocenters. The molecule has 98 valence electrons. The Kier molecular flexibility index (Phi) is 3.55. The largest absolute Gasteiger partial charge is 0.370 e. The summed E-state index contributed by atoms with van der Waals surface area (Å²) >= 11 is 0. The van der Waals surface area contributed by atoms with Crippen LogP contribution in [0.2, 0.25) is 0 Å². The molecule has 0 bridgehead atoms. The number of nitrogens with two attached hydrogens (primary N) is 1. The quantitative estimate of drug-likeness (QED) is 0.890. The van der Waals surface area contributed by atoms with Gasteiger partial charge in [-0.15, -0.1) is 0 Å². The molecule has 0 saturated carbocycles. The number of rotatable bonds is 4. The predicted molar refractivity (Wildman–Crippen MR) is 71.9 cm³/mol. The van der Waals surface area contributed by atoms with E-state index in [1.807, 2.05) is 6.07 Å². The molecule has 0 aliphatic carbocycles. The highest BCUT2D eigenvalue weighted by atomic mass is 19.1. The van der Waals surface area contributed by atoms with Crippen molar-refractivity contribution in [3.05, 3.63) is 35.6 Å². The van der Waals surface area contributed by atoms with Crippen molar-refractivity contribution >= 4 is 5.96 Å². The summed E-state index contributed by atoms with van der Waals surface area (Å²) in [4.78, 5) is 6.48. The number of guanidine groups is 1. The molecule has 3 nitrogen and oxygen atoms in total. The standard InChI is InChI=1S/C14H20FN3/c1-3-8-18-13(16)17-10-14(18,4-2)11-6-5-7-12(15)9-11/h5-7,9H,3-4,8,10H2,1-2H3,(H2,16,17). The first-order valence-corrected chi connectivity index (χ1v) is 6.47. The van der Waals surface area contributed by atoms with E-state index in [4.69, 9.17) is 5.73 Å². The Morgan fingerprint density at radius 1 is 1.44 bits per heavy atom. The van der Waals surface area contributed by atoms with Crippen molar-refractivity contribution in [1.29, 1.82) is 0 Å². The van der Waals surface area contributed by atoms with Gasteiger partial charge in [-0.3, -0.25) is 4.99 Å². The lowest BCUT2D eigenvalue weighted by atomic mass is 9.86. The maximum atomic E-state index is 13.4. The minimum atomic E-state index is -0.276. The Balaban J connectivity index is 2.42. The van der Waals surface area contributed by atoms with Crippen LogP contribution >= 0.6 is 0 Å². The second-order valence-electron chi connectivity index (χ2n) is 4.72. The monoisotopic (exact) mass is 249 g/mol. The zero-order valence-electron chi connectivity index (χ0n) is 11.0. The molecule has 0 fully saturated rings. The summed E-state index contributed by atoms with van der Waals surface area (Å²) in [6.07, 6.45) is 1.86. The maximum absolute atomic E-state index is 13.4. The topological polar surface area (TPSA) is 41.6 Å². The summed E-state index contributed by atoms with van der Waals surface area (Å²) in [7, 11) is 0. The van der Waals surface area contributed by atoms with Crippen LogP contribution in [0.5, 0.6) is 0 Å². The molecule has 2 rings (SSSR count). The minimum absolute atomic E-state index is 0.206. The van der Waals surface area contributed by atoms with Crippen LogP contribution in [0.15, 0.2) is 29.3 Å². The maximum Gasteiger partial charge on any atom is 0.192 e. The first kappa shape index (κ1) is 12.9. The molecule has 0 amide bonds. The van der Waals surface area contributed by atoms with Gasteiger partial charge in [0, 0.05) is 6.54 Å². The Hall–Kier alpha value is -1.58. The predicted octanol–water partition coefficient (Wildman–Crippen LogP) is 2.47. The highest BCUT2D eigenvalue weighted by molar-refractivity contribution is 5.81. The summed E-state index contributed by atoms with van der Waals surface area (Å²) in [5.41, 5.74) is 6.66. The fourth-order valence-corrected chi connectivity index (χ4v) is 2.69. The number of hydrogen-bond acceptors (Lipinski definition) is 3. The van der Waals surface area contributed by atoms with E-state index in [0.29, 0.717) is 12.5 Å². The van der Waals surface area contributed by atoms with Gasteiger partial charge in [0.2, 0.25) is 0 Å². The number of hydrogen-bond donors (Lipinski definition) is 1. The van der Waals surface area contributed by atoms with Crippen LogP contribution in [0.25, 0.3) is 0 Å². The van der Waals surface area contributed by atoms with Gasteiger partial charge in [0.25, 0.3) is 0 Å². The second kappa shape index (κ2) is 4.96. The average molecular weight is 249 g/mol. The molecular formula is C14H20FN3. The van der Waals surface area contributed by atoms with E-state index >= 15 is 0 Å². The fraction of sp³-hybridized carbons (Fsp3) is 0.500. The van der Waals surface area contributed by atoms with E-state index in [9.17, 15) is 4.39 Å². The number of benzene rings is 1. The molecule has 0 radical (unpaired) electrons. The molecule has 1 aromatic rings. The first-order chi connectivity index (χ1) is 8.64. The van der Waals surface area contributed by atoms with Crippen LogP contribution in [-0.2, 0) is 5.54 Å². The van der Waals surface area contributed by atoms with Gasteiger partial charge in [0.05, 0.1) is 12.1 Å². The number of halogens is 1. The molecule has 1 aliphatic heterocycles. The summed E-state index contributed by atoms with van der Waals surface area (Å²) in [5, 5.41) is 0. The fourth-order valence-electron chi connectivity index (χ4n) is 2.69. The summed E-state index contributed by atoms with van der Waals surface area (Å²) < 4.78 is 13.4. The molecule has 4 heteroatoms. The second-order valence-corrected chi connectivity index (χ2v) is 4.72. The third-order valence-corrected chi connectivity index (χ3v) is 3.69. The van der Waals surface area contributed by atoms with Gasteiger partial charge in [0.15, 0.2) is 5.96 Å². The van der Waals surface area contributed by atoms with Crippen molar-refractivity contribution in [3.63, 3.8) is 0 Å². The zero-order chi connectivity index (χ0) is 13.2. The van der Waals surface area contributed by atoms with Gasteiger partial charge in [-0.05, 0) is 30.5 Å². The van der Waals surface area contributed by atoms with Crippen molar-refractivity contribution in [2.75, 3.05) is 13.1 Å². The van der Waals surface area contributed by atoms with Crippen LogP contribution in [0.3, 0.4) is 0 Å². The van der Waals surface area contributed by atoms with Crippen molar-refractivity contribution < 1.29 is 4.39 Å². The summed E-state index contributed by atoms with van der Waals surface area (Å²) in [6, 6.07) is 6.78. The molecule has 18 heavy (non-hydrogen) atoms. The van der Waals surface area contributed by atoms with E-state index in [0.717, 1.165) is 24.9 Å². The Bertz CT molecular complexity index is 458. The molecule has 1 aliphatic rings. The highest BCUT2D eigenvalue weighted by Gasteiger charge is 2.41. The van der Waals surface area contributed by atoms with E-state index in [-0.39, 0.29) is 11.4 Å². The third-order valence-electron chi connectivity index (χ3n) is 3.69. The van der Waals surface area contributed by atoms with Gasteiger partial charge < -0.3 is 10.6 Å². The van der Waals surface area contributed by atoms with Crippen LogP contribution in [-0.4, -0.2) is 23.9 Å². The smallest absolute Gasteiger partial charge is 0.192 e. The average Bonchev–Trinajstić information content (AvgIpc) is 2.69. The number of nitrogens with zero attached hydrogens (tertiary/aromatic N) is 2. The summed E-state index contributed by atoms with van der Waals surface area (Å²) in [5.74, 6) is 0.366. The lowest BCUT2D eigenvalue weighted by Crippen LogP contribution is -2.49. The molecule has 2 N–H and O–H groups in total. The Labute approximate surface area is 108 Å². The highest BCUT2D eigenvalue weighted by Crippen LogP contribution is 2.36.